The molecule has 0 aromatic heterocycles. The molecular formula is C18H26N2O3S. The number of benzene rings is 1. The normalized spacial score (nSPS) is 16.3. The number of nitrogens with zero attached hydrogens (tertiary/aromatic N) is 2. The number of amides is 1. The third-order valence-electron chi connectivity index (χ3n) is 4.45. The molecule has 1 amide bonds. The Kier molecular flexibility index (Phi) is 6.57. The molecule has 132 valence electrons. The van der Waals surface area contributed by atoms with E-state index in [4.69, 9.17) is 0 Å². The Morgan fingerprint density at radius 3 is 2.46 bits per heavy atom. The van der Waals surface area contributed by atoms with Crippen LogP contribution in [-0.2, 0) is 21.2 Å². The van der Waals surface area contributed by atoms with Crippen LogP contribution in [0.4, 0.5) is 0 Å². The van der Waals surface area contributed by atoms with Crippen LogP contribution >= 0.6 is 0 Å². The Morgan fingerprint density at radius 2 is 1.92 bits per heavy atom. The molecule has 1 aliphatic heterocycles. The summed E-state index contributed by atoms with van der Waals surface area (Å²) >= 11 is 0. The molecule has 0 atom stereocenters. The first-order valence-electron chi connectivity index (χ1n) is 8.28. The van der Waals surface area contributed by atoms with Crippen LogP contribution in [0.25, 0.3) is 0 Å². The smallest absolute Gasteiger partial charge is 0.237 e. The summed E-state index contributed by atoms with van der Waals surface area (Å²) in [7, 11) is -3.40. The molecule has 0 spiro atoms. The van der Waals surface area contributed by atoms with E-state index in [2.05, 4.69) is 18.7 Å². The van der Waals surface area contributed by atoms with Crippen molar-refractivity contribution in [1.29, 1.82) is 0 Å². The Morgan fingerprint density at radius 1 is 1.29 bits per heavy atom. The van der Waals surface area contributed by atoms with Crippen LogP contribution in [0.3, 0.4) is 0 Å². The number of hydrogen-bond acceptors (Lipinski definition) is 3. The Bertz CT molecular complexity index is 650. The van der Waals surface area contributed by atoms with E-state index >= 15 is 0 Å². The lowest BCUT2D eigenvalue weighted by Crippen LogP contribution is -2.45. The first-order valence-corrected chi connectivity index (χ1v) is 10.1. The lowest BCUT2D eigenvalue weighted by Gasteiger charge is -2.33. The average molecular weight is 350 g/mol. The van der Waals surface area contributed by atoms with Crippen LogP contribution in [0.1, 0.15) is 18.4 Å². The van der Waals surface area contributed by atoms with E-state index in [1.54, 1.807) is 4.90 Å². The quantitative estimate of drug-likeness (QED) is 0.706. The van der Waals surface area contributed by atoms with Crippen molar-refractivity contribution in [2.45, 2.75) is 19.3 Å². The largest absolute Gasteiger partial charge is 0.342 e. The fraction of sp³-hybridized carbons (Fsp3) is 0.500. The average Bonchev–Trinajstić information content (AvgIpc) is 2.55. The molecule has 1 aromatic rings. The predicted octanol–water partition coefficient (Wildman–Crippen LogP) is 1.92. The highest BCUT2D eigenvalue weighted by molar-refractivity contribution is 7.88. The molecule has 6 heteroatoms. The highest BCUT2D eigenvalue weighted by Gasteiger charge is 2.26. The molecule has 0 unspecified atom stereocenters. The highest BCUT2D eigenvalue weighted by atomic mass is 32.2. The number of rotatable bonds is 7. The molecule has 1 aromatic carbocycles. The Hall–Kier alpha value is -1.66. The van der Waals surface area contributed by atoms with Crippen LogP contribution in [0.2, 0.25) is 0 Å². The predicted molar refractivity (Wildman–Crippen MR) is 96.1 cm³/mol. The lowest BCUT2D eigenvalue weighted by molar-refractivity contribution is -0.132. The molecule has 24 heavy (non-hydrogen) atoms. The monoisotopic (exact) mass is 350 g/mol. The molecule has 0 bridgehead atoms. The van der Waals surface area contributed by atoms with Gasteiger partial charge in [0.1, 0.15) is 0 Å². The zero-order valence-electron chi connectivity index (χ0n) is 14.2. The van der Waals surface area contributed by atoms with E-state index in [9.17, 15) is 13.2 Å². The second kappa shape index (κ2) is 8.44. The zero-order valence-corrected chi connectivity index (χ0v) is 15.0. The summed E-state index contributed by atoms with van der Waals surface area (Å²) in [5, 5.41) is 0. The molecule has 0 saturated carbocycles. The molecule has 5 nitrogen and oxygen atoms in total. The SMILES string of the molecule is C=CCN(CC(=O)N1CCC(Cc2ccccc2)CC1)S(C)(=O)=O. The van der Waals surface area contributed by atoms with E-state index in [1.165, 1.54) is 15.9 Å². The summed E-state index contributed by atoms with van der Waals surface area (Å²) < 4.78 is 24.6. The van der Waals surface area contributed by atoms with Gasteiger partial charge in [-0.05, 0) is 30.7 Å². The van der Waals surface area contributed by atoms with Gasteiger partial charge in [-0.15, -0.1) is 6.58 Å². The van der Waals surface area contributed by atoms with Gasteiger partial charge in [0, 0.05) is 19.6 Å². The van der Waals surface area contributed by atoms with Crippen molar-refractivity contribution in [3.05, 3.63) is 48.6 Å². The summed E-state index contributed by atoms with van der Waals surface area (Å²) in [6.07, 6.45) is 5.58. The number of carbonyl (C=O) groups is 1. The van der Waals surface area contributed by atoms with E-state index < -0.39 is 10.0 Å². The fourth-order valence-electron chi connectivity index (χ4n) is 3.05. The van der Waals surface area contributed by atoms with Crippen LogP contribution < -0.4 is 0 Å². The lowest BCUT2D eigenvalue weighted by atomic mass is 9.90. The summed E-state index contributed by atoms with van der Waals surface area (Å²) in [6.45, 7) is 5.00. The van der Waals surface area contributed by atoms with Crippen LogP contribution in [0, 0.1) is 5.92 Å². The molecule has 0 N–H and O–H groups in total. The minimum atomic E-state index is -3.40. The van der Waals surface area contributed by atoms with Crippen molar-refractivity contribution in [1.82, 2.24) is 9.21 Å². The van der Waals surface area contributed by atoms with Gasteiger partial charge in [0.05, 0.1) is 12.8 Å². The number of sulfonamides is 1. The highest BCUT2D eigenvalue weighted by Crippen LogP contribution is 2.21. The van der Waals surface area contributed by atoms with Gasteiger partial charge >= 0.3 is 0 Å². The van der Waals surface area contributed by atoms with Crippen molar-refractivity contribution in [2.24, 2.45) is 5.92 Å². The molecule has 0 aliphatic carbocycles. The van der Waals surface area contributed by atoms with Crippen molar-refractivity contribution in [3.8, 4) is 0 Å². The van der Waals surface area contributed by atoms with E-state index in [1.807, 2.05) is 18.2 Å². The van der Waals surface area contributed by atoms with E-state index in [0.717, 1.165) is 25.5 Å². The second-order valence-electron chi connectivity index (χ2n) is 6.36. The van der Waals surface area contributed by atoms with Crippen LogP contribution in [0.15, 0.2) is 43.0 Å². The summed E-state index contributed by atoms with van der Waals surface area (Å²) in [6, 6.07) is 10.4. The van der Waals surface area contributed by atoms with Gasteiger partial charge in [0.2, 0.25) is 15.9 Å². The van der Waals surface area contributed by atoms with Gasteiger partial charge in [0.15, 0.2) is 0 Å². The Balaban J connectivity index is 1.85. The third kappa shape index (κ3) is 5.46. The van der Waals surface area contributed by atoms with Crippen LogP contribution in [-0.4, -0.2) is 56.0 Å². The molecule has 2 rings (SSSR count). The minimum absolute atomic E-state index is 0.103. The van der Waals surface area contributed by atoms with Gasteiger partial charge in [-0.3, -0.25) is 4.79 Å². The van der Waals surface area contributed by atoms with E-state index in [-0.39, 0.29) is 19.0 Å². The van der Waals surface area contributed by atoms with Crippen molar-refractivity contribution >= 4 is 15.9 Å². The maximum atomic E-state index is 12.4. The first kappa shape index (κ1) is 18.7. The number of hydrogen-bond donors (Lipinski definition) is 0. The molecule has 1 aliphatic rings. The number of likely N-dealkylation sites (tertiary alicyclic amines) is 1. The molecule has 1 saturated heterocycles. The van der Waals surface area contributed by atoms with Crippen molar-refractivity contribution in [2.75, 3.05) is 32.4 Å². The van der Waals surface area contributed by atoms with Gasteiger partial charge in [-0.2, -0.15) is 4.31 Å². The molecular weight excluding hydrogens is 324 g/mol. The first-order chi connectivity index (χ1) is 11.4. The van der Waals surface area contributed by atoms with E-state index in [0.29, 0.717) is 19.0 Å². The topological polar surface area (TPSA) is 57.7 Å². The zero-order chi connectivity index (χ0) is 17.6. The Labute approximate surface area is 145 Å². The molecule has 1 heterocycles. The number of carbonyl (C=O) groups excluding carboxylic acids is 1. The van der Waals surface area contributed by atoms with Crippen LogP contribution in [0.5, 0.6) is 0 Å². The van der Waals surface area contributed by atoms with Crippen molar-refractivity contribution < 1.29 is 13.2 Å². The van der Waals surface area contributed by atoms with Crippen molar-refractivity contribution in [3.63, 3.8) is 0 Å². The fourth-order valence-corrected chi connectivity index (χ4v) is 3.77. The van der Waals surface area contributed by atoms with Gasteiger partial charge in [0.25, 0.3) is 0 Å². The van der Waals surface area contributed by atoms with Gasteiger partial charge in [-0.25, -0.2) is 8.42 Å². The standard InChI is InChI=1S/C18H26N2O3S/c1-3-11-20(24(2,22)23)15-18(21)19-12-9-17(10-13-19)14-16-7-5-4-6-8-16/h3-8,17H,1,9-15H2,2H3. The molecule has 0 radical (unpaired) electrons. The van der Waals surface area contributed by atoms with Gasteiger partial charge < -0.3 is 4.90 Å². The third-order valence-corrected chi connectivity index (χ3v) is 5.66. The maximum absolute atomic E-state index is 12.4. The summed E-state index contributed by atoms with van der Waals surface area (Å²) in [4.78, 5) is 14.2. The minimum Gasteiger partial charge on any atom is -0.342 e. The van der Waals surface area contributed by atoms with Gasteiger partial charge in [-0.1, -0.05) is 36.4 Å². The maximum Gasteiger partial charge on any atom is 0.237 e. The summed E-state index contributed by atoms with van der Waals surface area (Å²) in [5.41, 5.74) is 1.33. The molecule has 1 fully saturated rings. The number of piperidine rings is 1. The second-order valence-corrected chi connectivity index (χ2v) is 8.34. The summed E-state index contributed by atoms with van der Waals surface area (Å²) in [5.74, 6) is 0.455.